The van der Waals surface area contributed by atoms with Crippen molar-refractivity contribution in [3.05, 3.63) is 101 Å². The number of nitrogens with one attached hydrogen (secondary N) is 1. The molecule has 3 amide bonds. The summed E-state index contributed by atoms with van der Waals surface area (Å²) in [7, 11) is 0. The van der Waals surface area contributed by atoms with Crippen molar-refractivity contribution in [1.82, 2.24) is 9.80 Å². The van der Waals surface area contributed by atoms with Crippen molar-refractivity contribution in [1.29, 1.82) is 0 Å². The highest BCUT2D eigenvalue weighted by Gasteiger charge is 2.48. The van der Waals surface area contributed by atoms with Crippen LogP contribution >= 0.6 is 0 Å². The minimum absolute atomic E-state index is 0.177. The number of ether oxygens (including phenoxy) is 2. The van der Waals surface area contributed by atoms with E-state index in [-0.39, 0.29) is 18.4 Å². The van der Waals surface area contributed by atoms with Crippen LogP contribution < -0.4 is 5.32 Å². The number of hydrogen-bond acceptors (Lipinski definition) is 5. The van der Waals surface area contributed by atoms with E-state index >= 15 is 0 Å². The number of cyclic esters (lactones) is 1. The second-order valence-electron chi connectivity index (χ2n) is 9.25. The molecule has 3 aromatic carbocycles. The first kappa shape index (κ1) is 24.5. The Morgan fingerprint density at radius 3 is 2.46 bits per heavy atom. The van der Waals surface area contributed by atoms with E-state index in [1.165, 1.54) is 4.90 Å². The molecule has 3 aromatic rings. The van der Waals surface area contributed by atoms with Gasteiger partial charge in [0.1, 0.15) is 0 Å². The predicted octanol–water partition coefficient (Wildman–Crippen LogP) is 4.17. The second-order valence-corrected chi connectivity index (χ2v) is 9.25. The van der Waals surface area contributed by atoms with Crippen molar-refractivity contribution >= 4 is 23.6 Å². The third-order valence-electron chi connectivity index (χ3n) is 6.61. The number of rotatable bonds is 6. The molecule has 2 atom stereocenters. The highest BCUT2D eigenvalue weighted by Crippen LogP contribution is 2.36. The molecule has 0 spiro atoms. The van der Waals surface area contributed by atoms with E-state index in [2.05, 4.69) is 5.32 Å². The van der Waals surface area contributed by atoms with Crippen LogP contribution in [0.25, 0.3) is 0 Å². The van der Waals surface area contributed by atoms with Gasteiger partial charge in [0.15, 0.2) is 12.1 Å². The van der Waals surface area contributed by atoms with Crippen LogP contribution in [0.1, 0.15) is 33.2 Å². The Morgan fingerprint density at radius 1 is 0.946 bits per heavy atom. The Hall–Kier alpha value is -4.17. The molecule has 5 rings (SSSR count). The lowest BCUT2D eigenvalue weighted by Gasteiger charge is -2.33. The maximum atomic E-state index is 13.7. The van der Waals surface area contributed by atoms with Crippen LogP contribution in [-0.2, 0) is 20.8 Å². The number of amides is 3. The summed E-state index contributed by atoms with van der Waals surface area (Å²) in [4.78, 5) is 42.8. The van der Waals surface area contributed by atoms with Crippen LogP contribution in [0.15, 0.2) is 78.9 Å². The average Bonchev–Trinajstić information content (AvgIpc) is 3.25. The molecule has 1 N–H and O–H groups in total. The summed E-state index contributed by atoms with van der Waals surface area (Å²) in [5.41, 5.74) is 3.63. The van der Waals surface area contributed by atoms with Crippen molar-refractivity contribution in [2.24, 2.45) is 0 Å². The van der Waals surface area contributed by atoms with Crippen molar-refractivity contribution in [3.63, 3.8) is 0 Å². The van der Waals surface area contributed by atoms with Gasteiger partial charge in [-0.3, -0.25) is 14.5 Å². The molecule has 2 saturated heterocycles. The number of hydrogen-bond donors (Lipinski definition) is 1. The van der Waals surface area contributed by atoms with Crippen LogP contribution in [0.5, 0.6) is 0 Å². The first-order valence-electron chi connectivity index (χ1n) is 12.4. The van der Waals surface area contributed by atoms with Crippen LogP contribution in [0.3, 0.4) is 0 Å². The van der Waals surface area contributed by atoms with Crippen LogP contribution in [-0.4, -0.2) is 60.1 Å². The standard InChI is InChI=1S/C29H29N3O5/c1-20-7-5-11-23(17-20)27(33)30-24-12-6-10-22(18-24)26-25(28(34)31-13-15-36-16-14-31)32(29(35)37-26)19-21-8-3-2-4-9-21/h2-12,17-18,25-26H,13-16,19H2,1H3,(H,30,33)/t25-,26-/m1/s1. The summed E-state index contributed by atoms with van der Waals surface area (Å²) in [6.07, 6.45) is -1.36. The number of anilines is 1. The minimum atomic E-state index is -0.839. The number of benzene rings is 3. The number of morpholine rings is 1. The molecule has 0 unspecified atom stereocenters. The molecule has 8 nitrogen and oxygen atoms in total. The highest BCUT2D eigenvalue weighted by molar-refractivity contribution is 6.04. The monoisotopic (exact) mass is 499 g/mol. The maximum Gasteiger partial charge on any atom is 0.411 e. The fourth-order valence-electron chi connectivity index (χ4n) is 4.73. The fraction of sp³-hybridized carbons (Fsp3) is 0.276. The van der Waals surface area contributed by atoms with E-state index in [1.54, 1.807) is 29.2 Å². The van der Waals surface area contributed by atoms with Gasteiger partial charge in [-0.1, -0.05) is 60.2 Å². The lowest BCUT2D eigenvalue weighted by Crippen LogP contribution is -2.51. The summed E-state index contributed by atoms with van der Waals surface area (Å²) < 4.78 is 11.2. The smallest absolute Gasteiger partial charge is 0.411 e. The summed E-state index contributed by atoms with van der Waals surface area (Å²) in [6, 6.07) is 23.1. The molecule has 37 heavy (non-hydrogen) atoms. The van der Waals surface area contributed by atoms with Gasteiger partial charge in [0.05, 0.1) is 19.8 Å². The van der Waals surface area contributed by atoms with E-state index in [0.717, 1.165) is 11.1 Å². The van der Waals surface area contributed by atoms with Gasteiger partial charge >= 0.3 is 6.09 Å². The van der Waals surface area contributed by atoms with Gasteiger partial charge in [-0.2, -0.15) is 0 Å². The van der Waals surface area contributed by atoms with E-state index in [0.29, 0.717) is 43.1 Å². The van der Waals surface area contributed by atoms with E-state index in [9.17, 15) is 14.4 Å². The first-order chi connectivity index (χ1) is 18.0. The van der Waals surface area contributed by atoms with E-state index in [1.807, 2.05) is 61.5 Å². The fourth-order valence-corrected chi connectivity index (χ4v) is 4.73. The normalized spacial score (nSPS) is 19.4. The van der Waals surface area contributed by atoms with Crippen molar-refractivity contribution in [2.75, 3.05) is 31.6 Å². The first-order valence-corrected chi connectivity index (χ1v) is 12.4. The third-order valence-corrected chi connectivity index (χ3v) is 6.61. The molecule has 0 aromatic heterocycles. The summed E-state index contributed by atoms with van der Waals surface area (Å²) in [5, 5.41) is 2.91. The van der Waals surface area contributed by atoms with Gasteiger partial charge in [-0.05, 0) is 42.3 Å². The van der Waals surface area contributed by atoms with E-state index in [4.69, 9.17) is 9.47 Å². The van der Waals surface area contributed by atoms with Crippen molar-refractivity contribution in [2.45, 2.75) is 25.6 Å². The maximum absolute atomic E-state index is 13.7. The number of carbonyl (C=O) groups is 3. The Bertz CT molecular complexity index is 1290. The zero-order valence-corrected chi connectivity index (χ0v) is 20.6. The van der Waals surface area contributed by atoms with Gasteiger partial charge in [0, 0.05) is 24.3 Å². The lowest BCUT2D eigenvalue weighted by atomic mass is 9.99. The zero-order valence-electron chi connectivity index (χ0n) is 20.6. The largest absolute Gasteiger partial charge is 0.438 e. The molecule has 2 fully saturated rings. The topological polar surface area (TPSA) is 88.2 Å². The Morgan fingerprint density at radius 2 is 1.70 bits per heavy atom. The molecule has 2 aliphatic heterocycles. The molecule has 0 bridgehead atoms. The van der Waals surface area contributed by atoms with Gasteiger partial charge < -0.3 is 19.7 Å². The van der Waals surface area contributed by atoms with Gasteiger partial charge in [-0.15, -0.1) is 0 Å². The Kier molecular flexibility index (Phi) is 7.18. The molecule has 8 heteroatoms. The molecule has 0 aliphatic carbocycles. The van der Waals surface area contributed by atoms with Crippen molar-refractivity contribution < 1.29 is 23.9 Å². The zero-order chi connectivity index (χ0) is 25.8. The van der Waals surface area contributed by atoms with Crippen LogP contribution in [0.4, 0.5) is 10.5 Å². The number of carbonyl (C=O) groups excluding carboxylic acids is 3. The Balaban J connectivity index is 1.43. The molecule has 2 aliphatic rings. The van der Waals surface area contributed by atoms with Crippen LogP contribution in [0, 0.1) is 6.92 Å². The SMILES string of the molecule is Cc1cccc(C(=O)Nc2cccc([C@H]3OC(=O)N(Cc4ccccc4)[C@H]3C(=O)N3CCOCC3)c2)c1. The molecular formula is C29H29N3O5. The third kappa shape index (κ3) is 5.49. The quantitative estimate of drug-likeness (QED) is 0.550. The summed E-state index contributed by atoms with van der Waals surface area (Å²) in [5.74, 6) is -0.416. The summed E-state index contributed by atoms with van der Waals surface area (Å²) in [6.45, 7) is 4.01. The van der Waals surface area contributed by atoms with Gasteiger partial charge in [0.2, 0.25) is 5.91 Å². The van der Waals surface area contributed by atoms with E-state index < -0.39 is 18.2 Å². The Labute approximate surface area is 215 Å². The summed E-state index contributed by atoms with van der Waals surface area (Å²) >= 11 is 0. The number of aryl methyl sites for hydroxylation is 1. The second kappa shape index (κ2) is 10.8. The van der Waals surface area contributed by atoms with Crippen LogP contribution in [0.2, 0.25) is 0 Å². The minimum Gasteiger partial charge on any atom is -0.438 e. The molecular weight excluding hydrogens is 470 g/mol. The average molecular weight is 500 g/mol. The lowest BCUT2D eigenvalue weighted by molar-refractivity contribution is -0.141. The number of nitrogens with zero attached hydrogens (tertiary/aromatic N) is 2. The van der Waals surface area contributed by atoms with Gasteiger partial charge in [-0.25, -0.2) is 4.79 Å². The van der Waals surface area contributed by atoms with Gasteiger partial charge in [0.25, 0.3) is 5.91 Å². The predicted molar refractivity (Wildman–Crippen MR) is 138 cm³/mol. The molecule has 190 valence electrons. The van der Waals surface area contributed by atoms with Crippen molar-refractivity contribution in [3.8, 4) is 0 Å². The highest BCUT2D eigenvalue weighted by atomic mass is 16.6. The molecule has 2 heterocycles. The molecule has 0 saturated carbocycles. The molecule has 0 radical (unpaired) electrons.